The first-order valence-corrected chi connectivity index (χ1v) is 6.03. The van der Waals surface area contributed by atoms with Crippen LogP contribution in [0.5, 0.6) is 0 Å². The Bertz CT molecular complexity index is 576. The quantitative estimate of drug-likeness (QED) is 0.803. The summed E-state index contributed by atoms with van der Waals surface area (Å²) in [6.07, 6.45) is 2.73. The molecule has 3 nitrogen and oxygen atoms in total. The van der Waals surface area contributed by atoms with Crippen LogP contribution >= 0.6 is 0 Å². The molecule has 2 aromatic carbocycles. The molecular formula is C16H15NO2. The van der Waals surface area contributed by atoms with E-state index >= 15 is 0 Å². The smallest absolute Gasteiger partial charge is 0.328 e. The largest absolute Gasteiger partial charge is 0.478 e. The zero-order chi connectivity index (χ0) is 13.5. The van der Waals surface area contributed by atoms with Gasteiger partial charge in [-0.15, -0.1) is 0 Å². The molecule has 3 heteroatoms. The molecule has 0 radical (unpaired) electrons. The summed E-state index contributed by atoms with van der Waals surface area (Å²) < 4.78 is 0. The van der Waals surface area contributed by atoms with Gasteiger partial charge in [0.1, 0.15) is 0 Å². The minimum Gasteiger partial charge on any atom is -0.478 e. The van der Waals surface area contributed by atoms with Gasteiger partial charge < -0.3 is 10.4 Å². The van der Waals surface area contributed by atoms with Crippen LogP contribution in [0.2, 0.25) is 0 Å². The van der Waals surface area contributed by atoms with Crippen LogP contribution < -0.4 is 5.32 Å². The molecule has 2 N–H and O–H groups in total. The Balaban J connectivity index is 2.01. The van der Waals surface area contributed by atoms with Gasteiger partial charge >= 0.3 is 5.97 Å². The van der Waals surface area contributed by atoms with Crippen LogP contribution in [0, 0.1) is 0 Å². The fourth-order valence-corrected chi connectivity index (χ4v) is 1.73. The Labute approximate surface area is 112 Å². The predicted molar refractivity (Wildman–Crippen MR) is 76.9 cm³/mol. The average Bonchev–Trinajstić information content (AvgIpc) is 2.44. The standard InChI is InChI=1S/C16H15NO2/c18-16(19)10-9-13-5-4-6-14(11-13)12-17-15-7-2-1-3-8-15/h1-11,17H,12H2,(H,18,19). The van der Waals surface area contributed by atoms with Crippen molar-refractivity contribution in [3.8, 4) is 0 Å². The summed E-state index contributed by atoms with van der Waals surface area (Å²) in [5.74, 6) is -0.937. The number of carboxylic acids is 1. The molecule has 0 saturated heterocycles. The molecule has 2 aromatic rings. The highest BCUT2D eigenvalue weighted by Crippen LogP contribution is 2.11. The number of hydrogen-bond acceptors (Lipinski definition) is 2. The Morgan fingerprint density at radius 2 is 1.89 bits per heavy atom. The maximum Gasteiger partial charge on any atom is 0.328 e. The molecule has 0 amide bonds. The van der Waals surface area contributed by atoms with Crippen LogP contribution in [0.1, 0.15) is 11.1 Å². The Morgan fingerprint density at radius 1 is 1.11 bits per heavy atom. The molecule has 0 heterocycles. The topological polar surface area (TPSA) is 49.3 Å². The van der Waals surface area contributed by atoms with Gasteiger partial charge in [-0.2, -0.15) is 0 Å². The van der Waals surface area contributed by atoms with E-state index in [-0.39, 0.29) is 0 Å². The van der Waals surface area contributed by atoms with Gasteiger partial charge in [0.05, 0.1) is 0 Å². The maximum atomic E-state index is 10.5. The van der Waals surface area contributed by atoms with Crippen molar-refractivity contribution in [2.45, 2.75) is 6.54 Å². The van der Waals surface area contributed by atoms with Crippen LogP contribution in [-0.4, -0.2) is 11.1 Å². The fourth-order valence-electron chi connectivity index (χ4n) is 1.73. The molecule has 0 aliphatic carbocycles. The van der Waals surface area contributed by atoms with E-state index in [9.17, 15) is 4.79 Å². The van der Waals surface area contributed by atoms with E-state index < -0.39 is 5.97 Å². The van der Waals surface area contributed by atoms with Gasteiger partial charge in [-0.05, 0) is 35.4 Å². The first-order valence-electron chi connectivity index (χ1n) is 6.03. The number of carboxylic acid groups (broad SMARTS) is 1. The molecule has 0 fully saturated rings. The van der Waals surface area contributed by atoms with Gasteiger partial charge in [0.25, 0.3) is 0 Å². The Kier molecular flexibility index (Phi) is 4.34. The number of hydrogen-bond donors (Lipinski definition) is 2. The van der Waals surface area contributed by atoms with Gasteiger partial charge in [0, 0.05) is 18.3 Å². The highest BCUT2D eigenvalue weighted by Gasteiger charge is 1.95. The number of para-hydroxylation sites is 1. The Hall–Kier alpha value is -2.55. The van der Waals surface area contributed by atoms with Crippen molar-refractivity contribution >= 4 is 17.7 Å². The van der Waals surface area contributed by atoms with E-state index in [1.807, 2.05) is 54.6 Å². The molecule has 0 spiro atoms. The zero-order valence-corrected chi connectivity index (χ0v) is 10.4. The number of anilines is 1. The van der Waals surface area contributed by atoms with Crippen LogP contribution in [0.4, 0.5) is 5.69 Å². The highest BCUT2D eigenvalue weighted by atomic mass is 16.4. The molecule has 0 aromatic heterocycles. The number of benzene rings is 2. The molecule has 2 rings (SSSR count). The molecule has 0 bridgehead atoms. The Morgan fingerprint density at radius 3 is 2.63 bits per heavy atom. The number of rotatable bonds is 5. The van der Waals surface area contributed by atoms with E-state index in [1.54, 1.807) is 6.08 Å². The fraction of sp³-hybridized carbons (Fsp3) is 0.0625. The second-order valence-electron chi connectivity index (χ2n) is 4.14. The average molecular weight is 253 g/mol. The second-order valence-corrected chi connectivity index (χ2v) is 4.14. The monoisotopic (exact) mass is 253 g/mol. The van der Waals surface area contributed by atoms with Gasteiger partial charge in [0.2, 0.25) is 0 Å². The second kappa shape index (κ2) is 6.40. The number of nitrogens with one attached hydrogen (secondary N) is 1. The molecule has 0 atom stereocenters. The summed E-state index contributed by atoms with van der Waals surface area (Å²) in [6.45, 7) is 0.707. The first kappa shape index (κ1) is 12.9. The van der Waals surface area contributed by atoms with Gasteiger partial charge in [-0.1, -0.05) is 36.4 Å². The zero-order valence-electron chi connectivity index (χ0n) is 10.4. The van der Waals surface area contributed by atoms with Crippen molar-refractivity contribution in [3.63, 3.8) is 0 Å². The summed E-state index contributed by atoms with van der Waals surface area (Å²) in [7, 11) is 0. The maximum absolute atomic E-state index is 10.5. The number of carbonyl (C=O) groups is 1. The summed E-state index contributed by atoms with van der Waals surface area (Å²) in [4.78, 5) is 10.5. The van der Waals surface area contributed by atoms with E-state index in [4.69, 9.17) is 5.11 Å². The normalized spacial score (nSPS) is 10.5. The lowest BCUT2D eigenvalue weighted by Gasteiger charge is -2.06. The minimum absolute atomic E-state index is 0.707. The molecule has 0 aliphatic heterocycles. The lowest BCUT2D eigenvalue weighted by atomic mass is 10.1. The summed E-state index contributed by atoms with van der Waals surface area (Å²) in [5, 5.41) is 11.9. The van der Waals surface area contributed by atoms with E-state index in [1.165, 1.54) is 0 Å². The van der Waals surface area contributed by atoms with Gasteiger partial charge in [-0.3, -0.25) is 0 Å². The van der Waals surface area contributed by atoms with Crippen LogP contribution in [0.25, 0.3) is 6.08 Å². The van der Waals surface area contributed by atoms with E-state index in [0.717, 1.165) is 22.9 Å². The van der Waals surface area contributed by atoms with Gasteiger partial charge in [0.15, 0.2) is 0 Å². The minimum atomic E-state index is -0.937. The van der Waals surface area contributed by atoms with E-state index in [0.29, 0.717) is 6.54 Å². The van der Waals surface area contributed by atoms with Crippen LogP contribution in [0.15, 0.2) is 60.7 Å². The summed E-state index contributed by atoms with van der Waals surface area (Å²) in [5.41, 5.74) is 3.06. The van der Waals surface area contributed by atoms with Crippen LogP contribution in [-0.2, 0) is 11.3 Å². The molecular weight excluding hydrogens is 238 g/mol. The third-order valence-corrected chi connectivity index (χ3v) is 2.64. The SMILES string of the molecule is O=C(O)C=Cc1cccc(CNc2ccccc2)c1. The van der Waals surface area contributed by atoms with Crippen molar-refractivity contribution in [3.05, 3.63) is 71.8 Å². The third-order valence-electron chi connectivity index (χ3n) is 2.64. The van der Waals surface area contributed by atoms with Gasteiger partial charge in [-0.25, -0.2) is 4.79 Å². The van der Waals surface area contributed by atoms with Crippen molar-refractivity contribution in [1.82, 2.24) is 0 Å². The highest BCUT2D eigenvalue weighted by molar-refractivity contribution is 5.85. The molecule has 0 unspecified atom stereocenters. The van der Waals surface area contributed by atoms with Crippen molar-refractivity contribution in [2.75, 3.05) is 5.32 Å². The first-order chi connectivity index (χ1) is 9.24. The van der Waals surface area contributed by atoms with Crippen LogP contribution in [0.3, 0.4) is 0 Å². The molecule has 19 heavy (non-hydrogen) atoms. The molecule has 0 saturated carbocycles. The number of aliphatic carboxylic acids is 1. The predicted octanol–water partition coefficient (Wildman–Crippen LogP) is 3.40. The molecule has 0 aliphatic rings. The van der Waals surface area contributed by atoms with Crippen molar-refractivity contribution in [1.29, 1.82) is 0 Å². The van der Waals surface area contributed by atoms with Crippen molar-refractivity contribution < 1.29 is 9.90 Å². The van der Waals surface area contributed by atoms with E-state index in [2.05, 4.69) is 5.32 Å². The summed E-state index contributed by atoms with van der Waals surface area (Å²) in [6, 6.07) is 17.7. The molecule has 96 valence electrons. The lowest BCUT2D eigenvalue weighted by Crippen LogP contribution is -1.99. The third kappa shape index (κ3) is 4.32. The summed E-state index contributed by atoms with van der Waals surface area (Å²) >= 11 is 0. The van der Waals surface area contributed by atoms with Crippen molar-refractivity contribution in [2.24, 2.45) is 0 Å². The lowest BCUT2D eigenvalue weighted by molar-refractivity contribution is -0.131.